The Bertz CT molecular complexity index is 1010. The number of nitrogens with zero attached hydrogens (tertiary/aromatic N) is 4. The predicted octanol–water partition coefficient (Wildman–Crippen LogP) is 3.16. The van der Waals surface area contributed by atoms with Crippen molar-refractivity contribution < 1.29 is 19.1 Å². The number of imide groups is 1. The highest BCUT2D eigenvalue weighted by Gasteiger charge is 2.55. The molecule has 28 heavy (non-hydrogen) atoms. The van der Waals surface area contributed by atoms with Crippen LogP contribution < -0.4 is 19.4 Å². The van der Waals surface area contributed by atoms with Gasteiger partial charge in [0.15, 0.2) is 23.6 Å². The SMILES string of the molecule is COc1ccc(N2N=N[C@H]3C(=O)N(c4ccc(C)c(Cl)c4)C(=O)[C@H]32)cc1OC. The van der Waals surface area contributed by atoms with Gasteiger partial charge in [-0.3, -0.25) is 9.59 Å². The average Bonchev–Trinajstić information content (AvgIpc) is 3.24. The van der Waals surface area contributed by atoms with E-state index in [0.29, 0.717) is 27.9 Å². The Hall–Kier alpha value is -3.13. The maximum atomic E-state index is 13.1. The summed E-state index contributed by atoms with van der Waals surface area (Å²) in [6.07, 6.45) is 0. The van der Waals surface area contributed by atoms with Gasteiger partial charge in [-0.25, -0.2) is 9.91 Å². The van der Waals surface area contributed by atoms with Crippen molar-refractivity contribution in [3.05, 3.63) is 47.0 Å². The van der Waals surface area contributed by atoms with Gasteiger partial charge in [0.2, 0.25) is 0 Å². The van der Waals surface area contributed by atoms with Crippen molar-refractivity contribution in [2.24, 2.45) is 10.3 Å². The number of anilines is 2. The van der Waals surface area contributed by atoms with E-state index >= 15 is 0 Å². The molecule has 2 aromatic carbocycles. The quantitative estimate of drug-likeness (QED) is 0.736. The van der Waals surface area contributed by atoms with Gasteiger partial charge in [0.05, 0.1) is 25.6 Å². The Morgan fingerprint density at radius 2 is 1.68 bits per heavy atom. The Morgan fingerprint density at radius 1 is 0.964 bits per heavy atom. The minimum Gasteiger partial charge on any atom is -0.493 e. The smallest absolute Gasteiger partial charge is 0.263 e. The molecule has 0 N–H and O–H groups in total. The van der Waals surface area contributed by atoms with Crippen molar-refractivity contribution in [2.45, 2.75) is 19.0 Å². The second-order valence-electron chi connectivity index (χ2n) is 6.42. The molecule has 2 heterocycles. The molecule has 2 aromatic rings. The number of amides is 2. The van der Waals surface area contributed by atoms with Crippen LogP contribution >= 0.6 is 11.6 Å². The molecule has 0 spiro atoms. The molecule has 2 atom stereocenters. The summed E-state index contributed by atoms with van der Waals surface area (Å²) in [5, 5.41) is 10.00. The zero-order chi connectivity index (χ0) is 20.0. The predicted molar refractivity (Wildman–Crippen MR) is 103 cm³/mol. The van der Waals surface area contributed by atoms with Crippen LogP contribution in [0, 0.1) is 6.92 Å². The number of aryl methyl sites for hydroxylation is 1. The number of benzene rings is 2. The number of carbonyl (C=O) groups excluding carboxylic acids is 2. The lowest BCUT2D eigenvalue weighted by molar-refractivity contribution is -0.121. The van der Waals surface area contributed by atoms with Crippen molar-refractivity contribution in [1.82, 2.24) is 0 Å². The van der Waals surface area contributed by atoms with E-state index in [1.807, 2.05) is 6.92 Å². The molecule has 144 valence electrons. The van der Waals surface area contributed by atoms with Gasteiger partial charge in [-0.15, -0.1) is 0 Å². The Balaban J connectivity index is 1.69. The zero-order valence-corrected chi connectivity index (χ0v) is 16.2. The number of methoxy groups -OCH3 is 2. The largest absolute Gasteiger partial charge is 0.493 e. The third-order valence-corrected chi connectivity index (χ3v) is 5.23. The lowest BCUT2D eigenvalue weighted by Crippen LogP contribution is -2.39. The van der Waals surface area contributed by atoms with Gasteiger partial charge in [-0.05, 0) is 36.8 Å². The van der Waals surface area contributed by atoms with Gasteiger partial charge in [0, 0.05) is 11.1 Å². The minimum absolute atomic E-state index is 0.408. The molecule has 2 aliphatic heterocycles. The summed E-state index contributed by atoms with van der Waals surface area (Å²) in [7, 11) is 3.05. The summed E-state index contributed by atoms with van der Waals surface area (Å²) < 4.78 is 10.5. The van der Waals surface area contributed by atoms with Crippen molar-refractivity contribution in [3.8, 4) is 11.5 Å². The molecule has 8 nitrogen and oxygen atoms in total. The lowest BCUT2D eigenvalue weighted by atomic mass is 10.1. The molecule has 9 heteroatoms. The first-order chi connectivity index (χ1) is 13.5. The fourth-order valence-electron chi connectivity index (χ4n) is 3.32. The number of hydrogen-bond donors (Lipinski definition) is 0. The second-order valence-corrected chi connectivity index (χ2v) is 6.83. The highest BCUT2D eigenvalue weighted by Crippen LogP contribution is 2.38. The fourth-order valence-corrected chi connectivity index (χ4v) is 3.49. The first kappa shape index (κ1) is 18.2. The van der Waals surface area contributed by atoms with Gasteiger partial charge >= 0.3 is 0 Å². The molecular weight excluding hydrogens is 384 g/mol. The monoisotopic (exact) mass is 400 g/mol. The number of hydrogen-bond acceptors (Lipinski definition) is 7. The molecule has 0 aliphatic carbocycles. The van der Waals surface area contributed by atoms with E-state index < -0.39 is 23.9 Å². The van der Waals surface area contributed by atoms with E-state index in [2.05, 4.69) is 10.3 Å². The highest BCUT2D eigenvalue weighted by atomic mass is 35.5. The minimum atomic E-state index is -0.902. The van der Waals surface area contributed by atoms with Crippen LogP contribution in [0.25, 0.3) is 0 Å². The van der Waals surface area contributed by atoms with Gasteiger partial charge in [-0.1, -0.05) is 22.9 Å². The van der Waals surface area contributed by atoms with Crippen molar-refractivity contribution >= 4 is 34.8 Å². The van der Waals surface area contributed by atoms with Crippen molar-refractivity contribution in [2.75, 3.05) is 24.1 Å². The number of rotatable bonds is 4. The van der Waals surface area contributed by atoms with Crippen LogP contribution in [0.2, 0.25) is 5.02 Å². The number of ether oxygens (including phenoxy) is 2. The summed E-state index contributed by atoms with van der Waals surface area (Å²) in [5.74, 6) is 0.192. The van der Waals surface area contributed by atoms with Crippen LogP contribution in [0.3, 0.4) is 0 Å². The maximum Gasteiger partial charge on any atom is 0.263 e. The average molecular weight is 401 g/mol. The summed E-state index contributed by atoms with van der Waals surface area (Å²) >= 11 is 6.17. The summed E-state index contributed by atoms with van der Waals surface area (Å²) in [6.45, 7) is 1.85. The van der Waals surface area contributed by atoms with Crippen molar-refractivity contribution in [3.63, 3.8) is 0 Å². The van der Waals surface area contributed by atoms with E-state index in [1.54, 1.807) is 36.4 Å². The van der Waals surface area contributed by atoms with Gasteiger partial charge in [-0.2, -0.15) is 5.11 Å². The molecule has 4 rings (SSSR count). The molecule has 0 saturated carbocycles. The summed E-state index contributed by atoms with van der Waals surface area (Å²) in [5.41, 5.74) is 1.85. The van der Waals surface area contributed by atoms with Crippen LogP contribution in [-0.4, -0.2) is 38.1 Å². The molecule has 0 aromatic heterocycles. The third kappa shape index (κ3) is 2.68. The summed E-state index contributed by atoms with van der Waals surface area (Å²) in [6, 6.07) is 8.42. The molecular formula is C19H17ClN4O4. The maximum absolute atomic E-state index is 13.1. The first-order valence-electron chi connectivity index (χ1n) is 8.52. The fraction of sp³-hybridized carbons (Fsp3) is 0.263. The van der Waals surface area contributed by atoms with Crippen LogP contribution in [-0.2, 0) is 9.59 Å². The number of halogens is 1. The van der Waals surface area contributed by atoms with E-state index in [0.717, 1.165) is 10.5 Å². The van der Waals surface area contributed by atoms with Gasteiger partial charge in [0.1, 0.15) is 0 Å². The second kappa shape index (κ2) is 6.79. The van der Waals surface area contributed by atoms with Crippen LogP contribution in [0.15, 0.2) is 46.7 Å². The molecule has 1 saturated heterocycles. The highest BCUT2D eigenvalue weighted by molar-refractivity contribution is 6.32. The zero-order valence-electron chi connectivity index (χ0n) is 15.4. The van der Waals surface area contributed by atoms with E-state index in [4.69, 9.17) is 21.1 Å². The molecule has 1 fully saturated rings. The standard InChI is InChI=1S/C19H17ClN4O4/c1-10-4-5-11(8-13(10)20)23-18(25)16-17(19(23)26)24(22-21-16)12-6-7-14(27-2)15(9-12)28-3/h4-9,16-17H,1-3H3/t16-,17+/m1/s1. The molecule has 0 radical (unpaired) electrons. The normalized spacial score (nSPS) is 20.7. The van der Waals surface area contributed by atoms with Crippen LogP contribution in [0.1, 0.15) is 5.56 Å². The molecule has 0 bridgehead atoms. The van der Waals surface area contributed by atoms with Crippen LogP contribution in [0.4, 0.5) is 11.4 Å². The first-order valence-corrected chi connectivity index (χ1v) is 8.90. The van der Waals surface area contributed by atoms with E-state index in [1.165, 1.54) is 19.2 Å². The molecule has 2 amide bonds. The van der Waals surface area contributed by atoms with Crippen molar-refractivity contribution in [1.29, 1.82) is 0 Å². The van der Waals surface area contributed by atoms with E-state index in [9.17, 15) is 9.59 Å². The molecule has 2 aliphatic rings. The van der Waals surface area contributed by atoms with E-state index in [-0.39, 0.29) is 0 Å². The summed E-state index contributed by atoms with van der Waals surface area (Å²) in [4.78, 5) is 27.0. The number of fused-ring (bicyclic) bond motifs is 1. The number of carbonyl (C=O) groups is 2. The lowest BCUT2D eigenvalue weighted by Gasteiger charge is -2.21. The van der Waals surface area contributed by atoms with Crippen LogP contribution in [0.5, 0.6) is 11.5 Å². The molecule has 0 unspecified atom stereocenters. The Kier molecular flexibility index (Phi) is 4.43. The Labute approximate surface area is 166 Å². The topological polar surface area (TPSA) is 83.8 Å². The Morgan fingerprint density at radius 3 is 2.36 bits per heavy atom. The third-order valence-electron chi connectivity index (χ3n) is 4.83. The van der Waals surface area contributed by atoms with Gasteiger partial charge < -0.3 is 9.47 Å². The van der Waals surface area contributed by atoms with Gasteiger partial charge in [0.25, 0.3) is 11.8 Å².